The van der Waals surface area contributed by atoms with Crippen LogP contribution in [0.1, 0.15) is 0 Å². The summed E-state index contributed by atoms with van der Waals surface area (Å²) in [5.41, 5.74) is 0.901. The van der Waals surface area contributed by atoms with Crippen molar-refractivity contribution >= 4 is 44.8 Å². The van der Waals surface area contributed by atoms with E-state index in [1.807, 2.05) is 16.5 Å². The molecule has 0 N–H and O–H groups in total. The third-order valence-corrected chi connectivity index (χ3v) is 5.28. The lowest BCUT2D eigenvalue weighted by atomic mass is 10.4. The van der Waals surface area contributed by atoms with Crippen molar-refractivity contribution < 1.29 is 0 Å². The Balaban J connectivity index is 1.78. The number of hydrogen-bond acceptors (Lipinski definition) is 5. The van der Waals surface area contributed by atoms with E-state index in [2.05, 4.69) is 36.0 Å². The third kappa shape index (κ3) is 2.62. The Labute approximate surface area is 148 Å². The Morgan fingerprint density at radius 3 is 2.91 bits per heavy atom. The fourth-order valence-corrected chi connectivity index (χ4v) is 3.67. The van der Waals surface area contributed by atoms with Crippen molar-refractivity contribution in [2.45, 2.75) is 9.92 Å². The second kappa shape index (κ2) is 5.95. The molecule has 0 bridgehead atoms. The highest BCUT2D eigenvalue weighted by molar-refractivity contribution is 9.10. The molecule has 0 atom stereocenters. The quantitative estimate of drug-likeness (QED) is 0.516. The summed E-state index contributed by atoms with van der Waals surface area (Å²) in [5, 5.41) is 5.51. The van der Waals surface area contributed by atoms with Crippen LogP contribution < -0.4 is 0 Å². The monoisotopic (exact) mass is 406 g/mol. The van der Waals surface area contributed by atoms with Crippen LogP contribution in [0.25, 0.3) is 11.3 Å². The predicted octanol–water partition coefficient (Wildman–Crippen LogP) is 3.88. The van der Waals surface area contributed by atoms with Gasteiger partial charge < -0.3 is 0 Å². The van der Waals surface area contributed by atoms with Crippen LogP contribution in [0, 0.1) is 0 Å². The minimum Gasteiger partial charge on any atom is -0.289 e. The average molecular weight is 408 g/mol. The maximum absolute atomic E-state index is 6.50. The maximum atomic E-state index is 6.50. The van der Waals surface area contributed by atoms with Gasteiger partial charge in [-0.2, -0.15) is 5.10 Å². The predicted molar refractivity (Wildman–Crippen MR) is 91.2 cm³/mol. The van der Waals surface area contributed by atoms with Gasteiger partial charge in [-0.05, 0) is 28.1 Å². The topological polar surface area (TPSA) is 60.9 Å². The number of fused-ring (bicyclic) bond motifs is 1. The Bertz CT molecular complexity index is 984. The summed E-state index contributed by atoms with van der Waals surface area (Å²) in [7, 11) is 0. The number of halogens is 2. The van der Waals surface area contributed by atoms with Crippen molar-refractivity contribution in [1.29, 1.82) is 0 Å². The zero-order chi connectivity index (χ0) is 15.8. The van der Waals surface area contributed by atoms with Crippen LogP contribution in [0.5, 0.6) is 0 Å². The zero-order valence-corrected chi connectivity index (χ0v) is 14.6. The van der Waals surface area contributed by atoms with E-state index in [1.165, 1.54) is 11.8 Å². The number of pyridine rings is 1. The molecular formula is C14H8BrClN6S. The first-order valence-electron chi connectivity index (χ1n) is 6.53. The molecule has 0 aliphatic carbocycles. The molecule has 4 aromatic rings. The molecule has 0 saturated carbocycles. The number of hydrogen-bond donors (Lipinski definition) is 0. The van der Waals surface area contributed by atoms with E-state index >= 15 is 0 Å². The highest BCUT2D eigenvalue weighted by atomic mass is 79.9. The molecule has 23 heavy (non-hydrogen) atoms. The van der Waals surface area contributed by atoms with Gasteiger partial charge in [0.1, 0.15) is 16.0 Å². The van der Waals surface area contributed by atoms with Crippen LogP contribution in [-0.2, 0) is 0 Å². The molecule has 0 spiro atoms. The van der Waals surface area contributed by atoms with Crippen molar-refractivity contribution in [2.75, 3.05) is 0 Å². The summed E-state index contributed by atoms with van der Waals surface area (Å²) < 4.78 is 4.39. The Morgan fingerprint density at radius 1 is 1.17 bits per heavy atom. The Hall–Kier alpha value is -1.90. The zero-order valence-electron chi connectivity index (χ0n) is 11.5. The lowest BCUT2D eigenvalue weighted by molar-refractivity contribution is 0.842. The molecule has 9 heteroatoms. The number of rotatable bonds is 3. The van der Waals surface area contributed by atoms with Gasteiger partial charge in [0, 0.05) is 23.5 Å². The van der Waals surface area contributed by atoms with Crippen LogP contribution in [0.3, 0.4) is 0 Å². The van der Waals surface area contributed by atoms with Crippen molar-refractivity contribution in [3.63, 3.8) is 0 Å². The smallest absolute Gasteiger partial charge is 0.173 e. The minimum absolute atomic E-state index is 0.531. The van der Waals surface area contributed by atoms with E-state index in [4.69, 9.17) is 11.6 Å². The van der Waals surface area contributed by atoms with Gasteiger partial charge in [-0.25, -0.2) is 19.6 Å². The fourth-order valence-electron chi connectivity index (χ4n) is 2.09. The van der Waals surface area contributed by atoms with Gasteiger partial charge >= 0.3 is 0 Å². The molecule has 114 valence electrons. The summed E-state index contributed by atoms with van der Waals surface area (Å²) in [5.74, 6) is 0.586. The highest BCUT2D eigenvalue weighted by Gasteiger charge is 2.14. The molecular weight excluding hydrogens is 400 g/mol. The van der Waals surface area contributed by atoms with Crippen molar-refractivity contribution in [3.8, 4) is 5.82 Å². The van der Waals surface area contributed by atoms with E-state index in [1.54, 1.807) is 42.0 Å². The second-order valence-corrected chi connectivity index (χ2v) is 6.76. The molecule has 0 aliphatic rings. The van der Waals surface area contributed by atoms with Gasteiger partial charge in [0.25, 0.3) is 0 Å². The molecule has 4 aromatic heterocycles. The van der Waals surface area contributed by atoms with Gasteiger partial charge in [0.2, 0.25) is 0 Å². The van der Waals surface area contributed by atoms with Gasteiger partial charge in [-0.15, -0.1) is 0 Å². The van der Waals surface area contributed by atoms with E-state index < -0.39 is 0 Å². The summed E-state index contributed by atoms with van der Waals surface area (Å²) in [6.45, 7) is 0. The minimum atomic E-state index is 0.531. The molecule has 0 unspecified atom stereocenters. The maximum Gasteiger partial charge on any atom is 0.173 e. The van der Waals surface area contributed by atoms with E-state index in [0.717, 1.165) is 20.0 Å². The second-order valence-electron chi connectivity index (χ2n) is 4.53. The van der Waals surface area contributed by atoms with E-state index in [-0.39, 0.29) is 0 Å². The Kier molecular flexibility index (Phi) is 3.80. The standard InChI is InChI=1S/C14H8BrClN6S/c15-11-7-19-14(9-6-17-8-21(9)11)23-10-2-4-18-13(12(10)16)22-5-1-3-20-22/h1-8H. The number of nitrogens with zero attached hydrogens (tertiary/aromatic N) is 6. The van der Waals surface area contributed by atoms with Crippen LogP contribution >= 0.6 is 39.3 Å². The molecule has 0 aliphatic heterocycles. The summed E-state index contributed by atoms with van der Waals surface area (Å²) in [4.78, 5) is 13.8. The molecule has 4 rings (SSSR count). The van der Waals surface area contributed by atoms with Gasteiger partial charge in [-0.3, -0.25) is 4.40 Å². The molecule has 0 saturated heterocycles. The van der Waals surface area contributed by atoms with Crippen LogP contribution in [-0.4, -0.2) is 29.1 Å². The van der Waals surface area contributed by atoms with Crippen molar-refractivity contribution in [3.05, 3.63) is 59.1 Å². The lowest BCUT2D eigenvalue weighted by Gasteiger charge is -2.09. The molecule has 6 nitrogen and oxygen atoms in total. The fraction of sp³-hybridized carbons (Fsp3) is 0. The van der Waals surface area contributed by atoms with Crippen LogP contribution in [0.2, 0.25) is 5.02 Å². The van der Waals surface area contributed by atoms with E-state index in [9.17, 15) is 0 Å². The largest absolute Gasteiger partial charge is 0.289 e. The van der Waals surface area contributed by atoms with Crippen molar-refractivity contribution in [1.82, 2.24) is 29.1 Å². The van der Waals surface area contributed by atoms with Gasteiger partial charge in [0.05, 0.1) is 22.9 Å². The first-order chi connectivity index (χ1) is 11.2. The normalized spacial score (nSPS) is 11.2. The molecule has 0 aromatic carbocycles. The molecule has 4 heterocycles. The van der Waals surface area contributed by atoms with Gasteiger partial charge in [-0.1, -0.05) is 23.4 Å². The lowest BCUT2D eigenvalue weighted by Crippen LogP contribution is -1.99. The summed E-state index contributed by atoms with van der Waals surface area (Å²) >= 11 is 11.4. The first-order valence-corrected chi connectivity index (χ1v) is 8.52. The summed E-state index contributed by atoms with van der Waals surface area (Å²) in [6, 6.07) is 3.68. The third-order valence-electron chi connectivity index (χ3n) is 3.14. The Morgan fingerprint density at radius 2 is 2.09 bits per heavy atom. The van der Waals surface area contributed by atoms with Crippen LogP contribution in [0.15, 0.2) is 64.0 Å². The van der Waals surface area contributed by atoms with Crippen molar-refractivity contribution in [2.24, 2.45) is 0 Å². The van der Waals surface area contributed by atoms with E-state index in [0.29, 0.717) is 10.8 Å². The van der Waals surface area contributed by atoms with Gasteiger partial charge in [0.15, 0.2) is 5.82 Å². The van der Waals surface area contributed by atoms with Crippen LogP contribution in [0.4, 0.5) is 0 Å². The molecule has 0 radical (unpaired) electrons. The first kappa shape index (κ1) is 14.7. The molecule has 0 fully saturated rings. The SMILES string of the molecule is Clc1c(Sc2ncc(Br)n3cncc23)ccnc1-n1cccn1. The summed E-state index contributed by atoms with van der Waals surface area (Å²) in [6.07, 6.45) is 10.4. The number of aromatic nitrogens is 6. The molecule has 0 amide bonds. The highest BCUT2D eigenvalue weighted by Crippen LogP contribution is 2.36. The average Bonchev–Trinajstić information content (AvgIpc) is 3.23. The number of imidazole rings is 1.